The van der Waals surface area contributed by atoms with E-state index in [0.29, 0.717) is 22.2 Å². The summed E-state index contributed by atoms with van der Waals surface area (Å²) in [6.45, 7) is 2.13. The Labute approximate surface area is 166 Å². The zero-order valence-corrected chi connectivity index (χ0v) is 16.1. The summed E-state index contributed by atoms with van der Waals surface area (Å²) in [5, 5.41) is 0.886. The van der Waals surface area contributed by atoms with Gasteiger partial charge in [0.2, 0.25) is 5.91 Å². The lowest BCUT2D eigenvalue weighted by atomic mass is 10.1. The maximum atomic E-state index is 11.9. The minimum atomic E-state index is -0.906. The van der Waals surface area contributed by atoms with Gasteiger partial charge in [-0.1, -0.05) is 53.0 Å². The molecule has 2 aromatic carbocycles. The summed E-state index contributed by atoms with van der Waals surface area (Å²) < 4.78 is 5.46. The fourth-order valence-electron chi connectivity index (χ4n) is 2.09. The molecule has 2 rings (SSSR count). The van der Waals surface area contributed by atoms with Crippen molar-refractivity contribution in [2.75, 3.05) is 6.61 Å². The first-order valence-corrected chi connectivity index (χ1v) is 8.90. The molecule has 0 heterocycles. The number of carbonyl (C=O) groups is 3. The number of halogens is 2. The fraction of sp³-hybridized carbons (Fsp3) is 0.211. The Balaban J connectivity index is 1.69. The van der Waals surface area contributed by atoms with Crippen LogP contribution in [0.25, 0.3) is 0 Å². The molecule has 0 bridgehead atoms. The van der Waals surface area contributed by atoms with Gasteiger partial charge in [-0.25, -0.2) is 0 Å². The monoisotopic (exact) mass is 408 g/mol. The van der Waals surface area contributed by atoms with Gasteiger partial charge in [0.1, 0.15) is 5.75 Å². The zero-order chi connectivity index (χ0) is 19.8. The summed E-state index contributed by atoms with van der Waals surface area (Å²) in [4.78, 5) is 35.5. The average molecular weight is 409 g/mol. The van der Waals surface area contributed by atoms with Crippen molar-refractivity contribution in [3.8, 4) is 5.75 Å². The topological polar surface area (TPSA) is 84.5 Å². The van der Waals surface area contributed by atoms with Crippen LogP contribution in [0.3, 0.4) is 0 Å². The molecule has 0 saturated heterocycles. The molecule has 2 N–H and O–H groups in total. The van der Waals surface area contributed by atoms with Crippen LogP contribution in [-0.2, 0) is 9.59 Å². The number of ketones is 1. The molecular weight excluding hydrogens is 391 g/mol. The number of carbonyl (C=O) groups excluding carboxylic acids is 3. The van der Waals surface area contributed by atoms with Crippen LogP contribution in [0.5, 0.6) is 5.75 Å². The van der Waals surface area contributed by atoms with E-state index in [9.17, 15) is 14.4 Å². The lowest BCUT2D eigenvalue weighted by molar-refractivity contribution is -0.126. The van der Waals surface area contributed by atoms with Crippen LogP contribution in [0.2, 0.25) is 10.0 Å². The lowest BCUT2D eigenvalue weighted by Gasteiger charge is -2.09. The van der Waals surface area contributed by atoms with Crippen LogP contribution in [-0.4, -0.2) is 24.2 Å². The third-order valence-electron chi connectivity index (χ3n) is 3.54. The van der Waals surface area contributed by atoms with Crippen LogP contribution in [0, 0.1) is 6.92 Å². The van der Waals surface area contributed by atoms with Crippen molar-refractivity contribution in [1.82, 2.24) is 10.9 Å². The molecular formula is C19H18Cl2N2O4. The molecule has 0 radical (unpaired) electrons. The number of rotatable bonds is 7. The van der Waals surface area contributed by atoms with Gasteiger partial charge in [0.25, 0.3) is 5.78 Å². The largest absolute Gasteiger partial charge is 0.492 e. The van der Waals surface area contributed by atoms with Gasteiger partial charge in [0.15, 0.2) is 0 Å². The number of hydrogen-bond donors (Lipinski definition) is 2. The second kappa shape index (κ2) is 9.94. The highest BCUT2D eigenvalue weighted by atomic mass is 35.5. The standard InChI is InChI=1S/C19H18Cl2N2O4/c1-12-4-6-13(7-5-12)18(25)19(26)23-22-17(24)3-2-10-27-16-9-8-14(20)11-15(16)21/h4-9,11H,2-3,10H2,1H3,(H,22,24)(H,23,26). The third-order valence-corrected chi connectivity index (χ3v) is 4.07. The van der Waals surface area contributed by atoms with Crippen molar-refractivity contribution >= 4 is 40.8 Å². The molecule has 0 saturated carbocycles. The highest BCUT2D eigenvalue weighted by molar-refractivity contribution is 6.42. The molecule has 27 heavy (non-hydrogen) atoms. The maximum absolute atomic E-state index is 11.9. The van der Waals surface area contributed by atoms with Crippen molar-refractivity contribution < 1.29 is 19.1 Å². The molecule has 0 spiro atoms. The van der Waals surface area contributed by atoms with E-state index >= 15 is 0 Å². The van der Waals surface area contributed by atoms with Crippen molar-refractivity contribution in [2.45, 2.75) is 19.8 Å². The predicted octanol–water partition coefficient (Wildman–Crippen LogP) is 3.49. The van der Waals surface area contributed by atoms with Gasteiger partial charge in [0, 0.05) is 17.0 Å². The van der Waals surface area contributed by atoms with E-state index in [0.717, 1.165) is 5.56 Å². The molecule has 6 nitrogen and oxygen atoms in total. The molecule has 2 aromatic rings. The molecule has 0 aliphatic heterocycles. The van der Waals surface area contributed by atoms with Gasteiger partial charge in [-0.15, -0.1) is 0 Å². The first-order chi connectivity index (χ1) is 12.9. The van der Waals surface area contributed by atoms with Crippen LogP contribution >= 0.6 is 23.2 Å². The maximum Gasteiger partial charge on any atom is 0.310 e. The van der Waals surface area contributed by atoms with Crippen LogP contribution in [0.1, 0.15) is 28.8 Å². The Hall–Kier alpha value is -2.57. The van der Waals surface area contributed by atoms with Crippen LogP contribution < -0.4 is 15.6 Å². The van der Waals surface area contributed by atoms with E-state index in [1.54, 1.807) is 42.5 Å². The Bertz CT molecular complexity index is 838. The lowest BCUT2D eigenvalue weighted by Crippen LogP contribution is -2.44. The van der Waals surface area contributed by atoms with Gasteiger partial charge >= 0.3 is 5.91 Å². The molecule has 142 valence electrons. The molecule has 8 heteroatoms. The predicted molar refractivity (Wildman–Crippen MR) is 103 cm³/mol. The number of Topliss-reactive ketones (excluding diaryl/α,β-unsaturated/α-hetero) is 1. The quantitative estimate of drug-likeness (QED) is 0.317. The summed E-state index contributed by atoms with van der Waals surface area (Å²) in [5.74, 6) is -1.60. The van der Waals surface area contributed by atoms with Gasteiger partial charge < -0.3 is 4.74 Å². The number of amides is 2. The number of hydrogen-bond acceptors (Lipinski definition) is 4. The van der Waals surface area contributed by atoms with Crippen molar-refractivity contribution in [1.29, 1.82) is 0 Å². The van der Waals surface area contributed by atoms with E-state index in [1.807, 2.05) is 6.92 Å². The Kier molecular flexibility index (Phi) is 7.64. The van der Waals surface area contributed by atoms with Crippen molar-refractivity contribution in [2.24, 2.45) is 0 Å². The summed E-state index contributed by atoms with van der Waals surface area (Å²) in [6, 6.07) is 11.4. The number of nitrogens with one attached hydrogen (secondary N) is 2. The minimum absolute atomic E-state index is 0.101. The van der Waals surface area contributed by atoms with Gasteiger partial charge in [0.05, 0.1) is 11.6 Å². The number of benzene rings is 2. The van der Waals surface area contributed by atoms with E-state index < -0.39 is 17.6 Å². The third kappa shape index (κ3) is 6.58. The number of ether oxygens (including phenoxy) is 1. The normalized spacial score (nSPS) is 10.2. The van der Waals surface area contributed by atoms with E-state index in [-0.39, 0.29) is 18.6 Å². The Morgan fingerprint density at radius 3 is 2.37 bits per heavy atom. The molecule has 0 fully saturated rings. The van der Waals surface area contributed by atoms with E-state index in [1.165, 1.54) is 0 Å². The highest BCUT2D eigenvalue weighted by Crippen LogP contribution is 2.27. The number of aryl methyl sites for hydroxylation is 1. The molecule has 0 aliphatic rings. The average Bonchev–Trinajstić information content (AvgIpc) is 2.64. The number of hydrazine groups is 1. The first kappa shape index (κ1) is 20.7. The summed E-state index contributed by atoms with van der Waals surface area (Å²) in [6.07, 6.45) is 0.497. The highest BCUT2D eigenvalue weighted by Gasteiger charge is 2.16. The summed E-state index contributed by atoms with van der Waals surface area (Å²) in [7, 11) is 0. The molecule has 2 amide bonds. The van der Waals surface area contributed by atoms with E-state index in [4.69, 9.17) is 27.9 Å². The van der Waals surface area contributed by atoms with Crippen LogP contribution in [0.15, 0.2) is 42.5 Å². The van der Waals surface area contributed by atoms with E-state index in [2.05, 4.69) is 10.9 Å². The Morgan fingerprint density at radius 2 is 1.70 bits per heavy atom. The van der Waals surface area contributed by atoms with Gasteiger partial charge in [-0.2, -0.15) is 0 Å². The summed E-state index contributed by atoms with van der Waals surface area (Å²) in [5.41, 5.74) is 5.53. The fourth-order valence-corrected chi connectivity index (χ4v) is 2.55. The molecule has 0 atom stereocenters. The molecule has 0 aliphatic carbocycles. The second-order valence-corrected chi connectivity index (χ2v) is 6.57. The molecule has 0 unspecified atom stereocenters. The SMILES string of the molecule is Cc1ccc(C(=O)C(=O)NNC(=O)CCCOc2ccc(Cl)cc2Cl)cc1. The summed E-state index contributed by atoms with van der Waals surface area (Å²) >= 11 is 11.8. The Morgan fingerprint density at radius 1 is 1.00 bits per heavy atom. The minimum Gasteiger partial charge on any atom is -0.492 e. The first-order valence-electron chi connectivity index (χ1n) is 8.15. The van der Waals surface area contributed by atoms with Crippen molar-refractivity contribution in [3.05, 3.63) is 63.6 Å². The smallest absolute Gasteiger partial charge is 0.310 e. The zero-order valence-electron chi connectivity index (χ0n) is 14.6. The second-order valence-electron chi connectivity index (χ2n) is 5.72. The van der Waals surface area contributed by atoms with Gasteiger partial charge in [-0.05, 0) is 31.5 Å². The van der Waals surface area contributed by atoms with Gasteiger partial charge in [-0.3, -0.25) is 25.2 Å². The van der Waals surface area contributed by atoms with Crippen molar-refractivity contribution in [3.63, 3.8) is 0 Å². The molecule has 0 aromatic heterocycles. The van der Waals surface area contributed by atoms with Crippen LogP contribution in [0.4, 0.5) is 0 Å².